The number of pyridine rings is 1. The van der Waals surface area contributed by atoms with Crippen LogP contribution in [-0.2, 0) is 17.1 Å². The van der Waals surface area contributed by atoms with Crippen molar-refractivity contribution in [3.63, 3.8) is 0 Å². The first-order chi connectivity index (χ1) is 12.2. The van der Waals surface area contributed by atoms with Crippen LogP contribution >= 0.6 is 23.4 Å². The van der Waals surface area contributed by atoms with Gasteiger partial charge in [-0.05, 0) is 48.2 Å². The van der Waals surface area contributed by atoms with Crippen LogP contribution in [0.1, 0.15) is 24.0 Å². The summed E-state index contributed by atoms with van der Waals surface area (Å²) in [5.41, 5.74) is 2.22. The maximum atomic E-state index is 12.0. The Kier molecular flexibility index (Phi) is 6.59. The van der Waals surface area contributed by atoms with E-state index in [1.807, 2.05) is 36.5 Å². The zero-order valence-electron chi connectivity index (χ0n) is 14.1. The van der Waals surface area contributed by atoms with E-state index in [4.69, 9.17) is 11.6 Å². The molecule has 0 saturated carbocycles. The second-order valence-electron chi connectivity index (χ2n) is 6.12. The molecule has 2 aromatic rings. The van der Waals surface area contributed by atoms with Gasteiger partial charge in [-0.3, -0.25) is 4.79 Å². The van der Waals surface area contributed by atoms with E-state index in [1.165, 1.54) is 12.8 Å². The van der Waals surface area contributed by atoms with E-state index < -0.39 is 0 Å². The highest BCUT2D eigenvalue weighted by Gasteiger charge is 2.13. The molecule has 1 saturated heterocycles. The van der Waals surface area contributed by atoms with E-state index in [0.717, 1.165) is 40.8 Å². The Morgan fingerprint density at radius 3 is 2.84 bits per heavy atom. The Morgan fingerprint density at radius 1 is 1.20 bits per heavy atom. The Morgan fingerprint density at radius 2 is 2.04 bits per heavy atom. The van der Waals surface area contributed by atoms with Crippen molar-refractivity contribution >= 4 is 35.1 Å². The van der Waals surface area contributed by atoms with Gasteiger partial charge in [-0.1, -0.05) is 23.7 Å². The number of amides is 1. The first-order valence-electron chi connectivity index (χ1n) is 8.49. The lowest BCUT2D eigenvalue weighted by molar-refractivity contribution is -0.118. The average molecular weight is 376 g/mol. The number of hydrogen-bond donors (Lipinski definition) is 1. The first kappa shape index (κ1) is 18.1. The Hall–Kier alpha value is -1.72. The van der Waals surface area contributed by atoms with Gasteiger partial charge in [0.25, 0.3) is 0 Å². The lowest BCUT2D eigenvalue weighted by atomic mass is 10.2. The molecule has 0 atom stereocenters. The highest BCUT2D eigenvalue weighted by molar-refractivity contribution is 7.99. The van der Waals surface area contributed by atoms with Crippen LogP contribution in [0.2, 0.25) is 5.02 Å². The number of benzene rings is 1. The van der Waals surface area contributed by atoms with Crippen LogP contribution in [0, 0.1) is 0 Å². The molecule has 3 rings (SSSR count). The summed E-state index contributed by atoms with van der Waals surface area (Å²) in [5.74, 6) is 2.28. The Balaban J connectivity index is 1.42. The summed E-state index contributed by atoms with van der Waals surface area (Å²) in [5, 5.41) is 3.71. The van der Waals surface area contributed by atoms with Crippen LogP contribution in [0.4, 0.5) is 5.82 Å². The highest BCUT2D eigenvalue weighted by atomic mass is 35.5. The summed E-state index contributed by atoms with van der Waals surface area (Å²) in [7, 11) is 0. The van der Waals surface area contributed by atoms with Gasteiger partial charge in [-0.2, -0.15) is 0 Å². The summed E-state index contributed by atoms with van der Waals surface area (Å²) in [6.07, 6.45) is 4.28. The number of carbonyl (C=O) groups excluding carboxylic acids is 1. The molecule has 0 radical (unpaired) electrons. The van der Waals surface area contributed by atoms with Gasteiger partial charge in [0.1, 0.15) is 5.82 Å². The highest BCUT2D eigenvalue weighted by Crippen LogP contribution is 2.19. The van der Waals surface area contributed by atoms with Crippen LogP contribution in [0.5, 0.6) is 0 Å². The van der Waals surface area contributed by atoms with Crippen molar-refractivity contribution in [2.24, 2.45) is 0 Å². The van der Waals surface area contributed by atoms with Crippen LogP contribution in [-0.4, -0.2) is 29.7 Å². The third-order valence-corrected chi connectivity index (χ3v) is 5.36. The SMILES string of the molecule is O=C(CSCc1cccc(Cl)c1)NCc1ccnc(N2CCCC2)c1. The van der Waals surface area contributed by atoms with Gasteiger partial charge in [-0.25, -0.2) is 4.98 Å². The molecular weight excluding hydrogens is 354 g/mol. The third kappa shape index (κ3) is 5.65. The molecule has 0 spiro atoms. The zero-order chi connectivity index (χ0) is 17.5. The van der Waals surface area contributed by atoms with Crippen LogP contribution in [0.15, 0.2) is 42.6 Å². The summed E-state index contributed by atoms with van der Waals surface area (Å²) in [6, 6.07) is 11.8. The van der Waals surface area contributed by atoms with Crippen molar-refractivity contribution in [1.29, 1.82) is 0 Å². The van der Waals surface area contributed by atoms with Crippen LogP contribution in [0.3, 0.4) is 0 Å². The molecule has 1 aromatic carbocycles. The largest absolute Gasteiger partial charge is 0.357 e. The van der Waals surface area contributed by atoms with Crippen LogP contribution < -0.4 is 10.2 Å². The van der Waals surface area contributed by atoms with Crippen molar-refractivity contribution in [3.05, 3.63) is 58.7 Å². The number of anilines is 1. The van der Waals surface area contributed by atoms with E-state index in [1.54, 1.807) is 11.8 Å². The molecule has 0 unspecified atom stereocenters. The minimum Gasteiger partial charge on any atom is -0.357 e. The molecule has 2 heterocycles. The summed E-state index contributed by atoms with van der Waals surface area (Å²) in [6.45, 7) is 2.69. The molecule has 1 N–H and O–H groups in total. The third-order valence-electron chi connectivity index (χ3n) is 4.12. The maximum Gasteiger partial charge on any atom is 0.230 e. The molecule has 1 aliphatic heterocycles. The summed E-state index contributed by atoms with van der Waals surface area (Å²) < 4.78 is 0. The van der Waals surface area contributed by atoms with Gasteiger partial charge < -0.3 is 10.2 Å². The number of nitrogens with one attached hydrogen (secondary N) is 1. The van der Waals surface area contributed by atoms with E-state index in [0.29, 0.717) is 12.3 Å². The topological polar surface area (TPSA) is 45.2 Å². The number of hydrogen-bond acceptors (Lipinski definition) is 4. The first-order valence-corrected chi connectivity index (χ1v) is 10.0. The van der Waals surface area contributed by atoms with Gasteiger partial charge in [0, 0.05) is 36.6 Å². The standard InChI is InChI=1S/C19H22ClN3OS/c20-17-5-3-4-16(10-17)13-25-14-19(24)22-12-15-6-7-21-18(11-15)23-8-1-2-9-23/h3-7,10-11H,1-2,8-9,12-14H2,(H,22,24). The smallest absolute Gasteiger partial charge is 0.230 e. The minimum absolute atomic E-state index is 0.0477. The molecule has 6 heteroatoms. The molecule has 132 valence electrons. The number of thioether (sulfide) groups is 1. The van der Waals surface area contributed by atoms with Crippen molar-refractivity contribution in [2.75, 3.05) is 23.7 Å². The van der Waals surface area contributed by atoms with Crippen molar-refractivity contribution in [3.8, 4) is 0 Å². The van der Waals surface area contributed by atoms with Gasteiger partial charge in [-0.15, -0.1) is 11.8 Å². The van der Waals surface area contributed by atoms with Gasteiger partial charge in [0.15, 0.2) is 0 Å². The van der Waals surface area contributed by atoms with Crippen molar-refractivity contribution in [2.45, 2.75) is 25.1 Å². The lowest BCUT2D eigenvalue weighted by Gasteiger charge is -2.17. The van der Waals surface area contributed by atoms with Gasteiger partial charge >= 0.3 is 0 Å². The fourth-order valence-electron chi connectivity index (χ4n) is 2.83. The predicted octanol–water partition coefficient (Wildman–Crippen LogP) is 3.88. The molecule has 1 aromatic heterocycles. The number of halogens is 1. The van der Waals surface area contributed by atoms with E-state index >= 15 is 0 Å². The van der Waals surface area contributed by atoms with Crippen LogP contribution in [0.25, 0.3) is 0 Å². The van der Waals surface area contributed by atoms with Crippen molar-refractivity contribution in [1.82, 2.24) is 10.3 Å². The molecule has 1 aliphatic rings. The molecule has 1 amide bonds. The monoisotopic (exact) mass is 375 g/mol. The predicted molar refractivity (Wildman–Crippen MR) is 105 cm³/mol. The second kappa shape index (κ2) is 9.11. The fourth-order valence-corrected chi connectivity index (χ4v) is 3.85. The average Bonchev–Trinajstić information content (AvgIpc) is 3.15. The quantitative estimate of drug-likeness (QED) is 0.797. The minimum atomic E-state index is 0.0477. The molecule has 4 nitrogen and oxygen atoms in total. The van der Waals surface area contributed by atoms with E-state index in [-0.39, 0.29) is 5.91 Å². The van der Waals surface area contributed by atoms with Crippen molar-refractivity contribution < 1.29 is 4.79 Å². The maximum absolute atomic E-state index is 12.0. The lowest BCUT2D eigenvalue weighted by Crippen LogP contribution is -2.25. The second-order valence-corrected chi connectivity index (χ2v) is 7.54. The Bertz CT molecular complexity index is 719. The molecule has 0 aliphatic carbocycles. The molecule has 0 bridgehead atoms. The fraction of sp³-hybridized carbons (Fsp3) is 0.368. The summed E-state index contributed by atoms with van der Waals surface area (Å²) in [4.78, 5) is 18.8. The van der Waals surface area contributed by atoms with Gasteiger partial charge in [0.05, 0.1) is 5.75 Å². The molecular formula is C19H22ClN3OS. The number of rotatable bonds is 7. The molecule has 25 heavy (non-hydrogen) atoms. The van der Waals surface area contributed by atoms with E-state index in [9.17, 15) is 4.79 Å². The van der Waals surface area contributed by atoms with Gasteiger partial charge in [0.2, 0.25) is 5.91 Å². The number of aromatic nitrogens is 1. The molecule has 1 fully saturated rings. The number of nitrogens with zero attached hydrogens (tertiary/aromatic N) is 2. The normalized spacial score (nSPS) is 13.9. The Labute approximate surface area is 158 Å². The number of carbonyl (C=O) groups is 1. The zero-order valence-corrected chi connectivity index (χ0v) is 15.7. The van der Waals surface area contributed by atoms with E-state index in [2.05, 4.69) is 21.3 Å². The summed E-state index contributed by atoms with van der Waals surface area (Å²) >= 11 is 7.56.